The van der Waals surface area contributed by atoms with Crippen LogP contribution in [0.15, 0.2) is 53.4 Å². The summed E-state index contributed by atoms with van der Waals surface area (Å²) in [5.74, 6) is -0.336. The van der Waals surface area contributed by atoms with Gasteiger partial charge in [0.25, 0.3) is 0 Å². The van der Waals surface area contributed by atoms with Crippen molar-refractivity contribution in [2.75, 3.05) is 0 Å². The van der Waals surface area contributed by atoms with Gasteiger partial charge in [0.05, 0.1) is 10.1 Å². The summed E-state index contributed by atoms with van der Waals surface area (Å²) in [6.45, 7) is 1.51. The van der Waals surface area contributed by atoms with E-state index in [-0.39, 0.29) is 22.0 Å². The summed E-state index contributed by atoms with van der Waals surface area (Å²) < 4.78 is 24.8. The van der Waals surface area contributed by atoms with Crippen LogP contribution in [0.4, 0.5) is 0 Å². The smallest absolute Gasteiger partial charge is 0.185 e. The minimum absolute atomic E-state index is 0.106. The Kier molecular flexibility index (Phi) is 3.48. The second kappa shape index (κ2) is 4.93. The molecule has 0 saturated carbocycles. The second-order valence-electron chi connectivity index (χ2n) is 4.24. The molecule has 19 heavy (non-hydrogen) atoms. The number of aromatic hydroxyl groups is 2. The number of rotatable bonds is 3. The van der Waals surface area contributed by atoms with Gasteiger partial charge in [-0.1, -0.05) is 24.3 Å². The van der Waals surface area contributed by atoms with Gasteiger partial charge in [-0.2, -0.15) is 0 Å². The third kappa shape index (κ3) is 2.56. The lowest BCUT2D eigenvalue weighted by molar-refractivity contribution is 0.445. The van der Waals surface area contributed by atoms with Crippen LogP contribution in [-0.4, -0.2) is 18.6 Å². The molecule has 100 valence electrons. The van der Waals surface area contributed by atoms with Crippen LogP contribution in [0.25, 0.3) is 0 Å². The number of phenols is 2. The van der Waals surface area contributed by atoms with Crippen molar-refractivity contribution in [3.63, 3.8) is 0 Å². The highest BCUT2D eigenvalue weighted by molar-refractivity contribution is 7.91. The summed E-state index contributed by atoms with van der Waals surface area (Å²) >= 11 is 0. The Labute approximate surface area is 111 Å². The number of sulfone groups is 1. The first kappa shape index (κ1) is 13.4. The van der Waals surface area contributed by atoms with Crippen LogP contribution in [0.1, 0.15) is 17.7 Å². The zero-order chi connectivity index (χ0) is 14.0. The van der Waals surface area contributed by atoms with Crippen molar-refractivity contribution in [3.8, 4) is 11.5 Å². The largest absolute Gasteiger partial charge is 0.508 e. The van der Waals surface area contributed by atoms with Gasteiger partial charge in [-0.15, -0.1) is 0 Å². The van der Waals surface area contributed by atoms with Crippen LogP contribution in [0.3, 0.4) is 0 Å². The third-order valence-corrected chi connectivity index (χ3v) is 5.10. The summed E-state index contributed by atoms with van der Waals surface area (Å²) in [6, 6.07) is 12.0. The average Bonchev–Trinajstić information content (AvgIpc) is 2.39. The highest BCUT2D eigenvalue weighted by Crippen LogP contribution is 2.35. The number of hydrogen-bond donors (Lipinski definition) is 2. The van der Waals surface area contributed by atoms with E-state index >= 15 is 0 Å². The molecule has 5 heteroatoms. The van der Waals surface area contributed by atoms with E-state index in [1.807, 2.05) is 0 Å². The van der Waals surface area contributed by atoms with Crippen LogP contribution in [-0.2, 0) is 9.84 Å². The summed E-state index contributed by atoms with van der Waals surface area (Å²) in [5, 5.41) is 18.1. The molecule has 0 radical (unpaired) electrons. The molecule has 4 nitrogen and oxygen atoms in total. The van der Waals surface area contributed by atoms with Crippen LogP contribution >= 0.6 is 0 Å². The molecule has 1 atom stereocenters. The van der Waals surface area contributed by atoms with E-state index in [9.17, 15) is 18.6 Å². The molecule has 0 aliphatic rings. The van der Waals surface area contributed by atoms with Crippen molar-refractivity contribution in [2.24, 2.45) is 0 Å². The summed E-state index contributed by atoms with van der Waals surface area (Å²) in [4.78, 5) is 0.204. The van der Waals surface area contributed by atoms with E-state index in [0.29, 0.717) is 0 Å². The molecule has 2 N–H and O–H groups in total. The van der Waals surface area contributed by atoms with Crippen molar-refractivity contribution in [3.05, 3.63) is 54.1 Å². The molecule has 0 saturated heterocycles. The predicted molar refractivity (Wildman–Crippen MR) is 71.8 cm³/mol. The fraction of sp³-hybridized carbons (Fsp3) is 0.143. The van der Waals surface area contributed by atoms with Gasteiger partial charge in [0.1, 0.15) is 11.5 Å². The van der Waals surface area contributed by atoms with Crippen LogP contribution in [0.5, 0.6) is 11.5 Å². The summed E-state index contributed by atoms with van der Waals surface area (Å²) in [5.41, 5.74) is 0.265. The summed E-state index contributed by atoms with van der Waals surface area (Å²) in [6.07, 6.45) is 0. The van der Waals surface area contributed by atoms with Gasteiger partial charge in [-0.05, 0) is 25.1 Å². The predicted octanol–water partition coefficient (Wildman–Crippen LogP) is 2.63. The standard InChI is InChI=1S/C14H14O4S/c1-10(13-8-7-11(15)9-14(13)16)19(17,18)12-5-3-2-4-6-12/h2-10,15-16H,1H3. The van der Waals surface area contributed by atoms with E-state index in [4.69, 9.17) is 0 Å². The zero-order valence-corrected chi connectivity index (χ0v) is 11.1. The highest BCUT2D eigenvalue weighted by Gasteiger charge is 2.26. The zero-order valence-electron chi connectivity index (χ0n) is 10.3. The molecular weight excluding hydrogens is 264 g/mol. The quantitative estimate of drug-likeness (QED) is 0.905. The van der Waals surface area contributed by atoms with E-state index in [1.165, 1.54) is 31.2 Å². The normalized spacial score (nSPS) is 13.1. The lowest BCUT2D eigenvalue weighted by Gasteiger charge is -2.15. The Bertz CT molecular complexity index is 678. The molecule has 0 aliphatic heterocycles. The van der Waals surface area contributed by atoms with Crippen LogP contribution in [0, 0.1) is 0 Å². The van der Waals surface area contributed by atoms with Gasteiger partial charge < -0.3 is 10.2 Å². The SMILES string of the molecule is CC(c1ccc(O)cc1O)S(=O)(=O)c1ccccc1. The average molecular weight is 278 g/mol. The minimum atomic E-state index is -3.57. The molecule has 2 aromatic carbocycles. The number of benzene rings is 2. The second-order valence-corrected chi connectivity index (χ2v) is 6.51. The Balaban J connectivity index is 2.47. The molecule has 2 aromatic rings. The first-order valence-electron chi connectivity index (χ1n) is 5.74. The number of phenolic OH excluding ortho intramolecular Hbond substituents is 2. The Morgan fingerprint density at radius 2 is 1.63 bits per heavy atom. The van der Waals surface area contributed by atoms with Crippen LogP contribution < -0.4 is 0 Å². The first-order chi connectivity index (χ1) is 8.93. The molecule has 0 aromatic heterocycles. The van der Waals surface area contributed by atoms with Gasteiger partial charge >= 0.3 is 0 Å². The molecule has 0 amide bonds. The highest BCUT2D eigenvalue weighted by atomic mass is 32.2. The third-order valence-electron chi connectivity index (χ3n) is 2.99. The summed E-state index contributed by atoms with van der Waals surface area (Å²) in [7, 11) is -3.57. The van der Waals surface area contributed by atoms with Crippen molar-refractivity contribution in [2.45, 2.75) is 17.1 Å². The van der Waals surface area contributed by atoms with Crippen molar-refractivity contribution >= 4 is 9.84 Å². The Morgan fingerprint density at radius 1 is 1.00 bits per heavy atom. The maximum Gasteiger partial charge on any atom is 0.185 e. The van der Waals surface area contributed by atoms with Gasteiger partial charge in [0, 0.05) is 11.6 Å². The molecule has 0 aliphatic carbocycles. The molecule has 0 spiro atoms. The molecule has 0 heterocycles. The first-order valence-corrected chi connectivity index (χ1v) is 7.28. The van der Waals surface area contributed by atoms with Crippen molar-refractivity contribution in [1.29, 1.82) is 0 Å². The maximum atomic E-state index is 12.4. The van der Waals surface area contributed by atoms with E-state index in [0.717, 1.165) is 6.07 Å². The van der Waals surface area contributed by atoms with E-state index < -0.39 is 15.1 Å². The molecule has 0 bridgehead atoms. The molecule has 0 fully saturated rings. The molecular formula is C14H14O4S. The topological polar surface area (TPSA) is 74.6 Å². The molecule has 2 rings (SSSR count). The molecule has 1 unspecified atom stereocenters. The maximum absolute atomic E-state index is 12.4. The fourth-order valence-corrected chi connectivity index (χ4v) is 3.34. The van der Waals surface area contributed by atoms with Gasteiger partial charge in [-0.3, -0.25) is 0 Å². The Hall–Kier alpha value is -2.01. The van der Waals surface area contributed by atoms with E-state index in [1.54, 1.807) is 18.2 Å². The Morgan fingerprint density at radius 3 is 2.21 bits per heavy atom. The van der Waals surface area contributed by atoms with E-state index in [2.05, 4.69) is 0 Å². The lowest BCUT2D eigenvalue weighted by Crippen LogP contribution is -2.10. The van der Waals surface area contributed by atoms with Gasteiger partial charge in [0.2, 0.25) is 0 Å². The van der Waals surface area contributed by atoms with Gasteiger partial charge in [0.15, 0.2) is 9.84 Å². The van der Waals surface area contributed by atoms with Gasteiger partial charge in [-0.25, -0.2) is 8.42 Å². The fourth-order valence-electron chi connectivity index (χ4n) is 1.86. The number of hydrogen-bond acceptors (Lipinski definition) is 4. The van der Waals surface area contributed by atoms with Crippen molar-refractivity contribution in [1.82, 2.24) is 0 Å². The van der Waals surface area contributed by atoms with Crippen LogP contribution in [0.2, 0.25) is 0 Å². The van der Waals surface area contributed by atoms with Crippen molar-refractivity contribution < 1.29 is 18.6 Å². The minimum Gasteiger partial charge on any atom is -0.508 e. The lowest BCUT2D eigenvalue weighted by atomic mass is 10.1. The monoisotopic (exact) mass is 278 g/mol.